The van der Waals surface area contributed by atoms with E-state index in [2.05, 4.69) is 21.3 Å². The van der Waals surface area contributed by atoms with E-state index in [4.69, 9.17) is 5.53 Å². The van der Waals surface area contributed by atoms with Crippen molar-refractivity contribution in [3.05, 3.63) is 35.7 Å². The van der Waals surface area contributed by atoms with E-state index in [1.54, 1.807) is 6.08 Å². The van der Waals surface area contributed by atoms with Gasteiger partial charge in [-0.25, -0.2) is 5.43 Å². The molecule has 6 nitrogen and oxygen atoms in total. The Morgan fingerprint density at radius 3 is 3.27 bits per heavy atom. The van der Waals surface area contributed by atoms with Gasteiger partial charge in [-0.3, -0.25) is 4.79 Å². The Kier molecular flexibility index (Phi) is 2.49. The van der Waals surface area contributed by atoms with Gasteiger partial charge in [-0.2, -0.15) is 5.53 Å². The van der Waals surface area contributed by atoms with Crippen molar-refractivity contribution in [2.45, 2.75) is 6.04 Å². The zero-order valence-electron chi connectivity index (χ0n) is 7.95. The molecule has 1 amide bonds. The summed E-state index contributed by atoms with van der Waals surface area (Å²) in [6, 6.07) is -0.475. The first-order valence-corrected chi connectivity index (χ1v) is 4.57. The number of nitrogens with zero attached hydrogens (tertiary/aromatic N) is 1. The van der Waals surface area contributed by atoms with E-state index in [0.29, 0.717) is 0 Å². The molecule has 0 spiro atoms. The minimum atomic E-state index is -0.475. The van der Waals surface area contributed by atoms with Gasteiger partial charge >= 0.3 is 0 Å². The molecule has 2 aliphatic heterocycles. The van der Waals surface area contributed by atoms with Gasteiger partial charge in [0.15, 0.2) is 0 Å². The molecular formula is C9H11N5O. The van der Waals surface area contributed by atoms with Gasteiger partial charge in [0.25, 0.3) is 5.91 Å². The minimum Gasteiger partial charge on any atom is -0.368 e. The molecule has 2 rings (SSSR count). The summed E-state index contributed by atoms with van der Waals surface area (Å²) in [5.74, 6) is 0.495. The van der Waals surface area contributed by atoms with Gasteiger partial charge < -0.3 is 10.6 Å². The maximum absolute atomic E-state index is 11.4. The van der Waals surface area contributed by atoms with Crippen molar-refractivity contribution in [3.8, 4) is 0 Å². The number of dihydropyridines is 2. The summed E-state index contributed by atoms with van der Waals surface area (Å²) in [5, 5.41) is 8.98. The van der Waals surface area contributed by atoms with Crippen LogP contribution in [0.2, 0.25) is 0 Å². The lowest BCUT2D eigenvalue weighted by Gasteiger charge is -2.25. The van der Waals surface area contributed by atoms with E-state index in [9.17, 15) is 4.79 Å². The molecule has 1 unspecified atom stereocenters. The highest BCUT2D eigenvalue weighted by Crippen LogP contribution is 2.13. The number of nitrogens with one attached hydrogen (secondary N) is 4. The van der Waals surface area contributed by atoms with Crippen molar-refractivity contribution in [1.29, 1.82) is 5.53 Å². The molecule has 0 aromatic rings. The van der Waals surface area contributed by atoms with E-state index < -0.39 is 6.04 Å². The summed E-state index contributed by atoms with van der Waals surface area (Å²) in [5.41, 5.74) is 9.64. The van der Waals surface area contributed by atoms with Crippen LogP contribution in [0.15, 0.2) is 40.9 Å². The third-order valence-corrected chi connectivity index (χ3v) is 2.20. The first-order valence-electron chi connectivity index (χ1n) is 4.57. The maximum Gasteiger partial charge on any atom is 0.267 e. The van der Waals surface area contributed by atoms with Crippen LogP contribution in [0.3, 0.4) is 0 Å². The maximum atomic E-state index is 11.4. The first-order chi connectivity index (χ1) is 7.31. The molecule has 4 N–H and O–H groups in total. The Bertz CT molecular complexity index is 382. The molecule has 15 heavy (non-hydrogen) atoms. The molecule has 0 saturated heterocycles. The summed E-state index contributed by atoms with van der Waals surface area (Å²) in [4.78, 5) is 11.4. The van der Waals surface area contributed by atoms with Gasteiger partial charge in [0.2, 0.25) is 0 Å². The van der Waals surface area contributed by atoms with Gasteiger partial charge in [0, 0.05) is 12.1 Å². The minimum absolute atomic E-state index is 0.343. The fraction of sp³-hybridized carbons (Fsp3) is 0.222. The summed E-state index contributed by atoms with van der Waals surface area (Å²) in [7, 11) is 0. The van der Waals surface area contributed by atoms with E-state index in [1.807, 2.05) is 18.2 Å². The lowest BCUT2D eigenvalue weighted by molar-refractivity contribution is -0.122. The van der Waals surface area contributed by atoms with Crippen LogP contribution in [0.1, 0.15) is 0 Å². The van der Waals surface area contributed by atoms with E-state index in [1.165, 1.54) is 0 Å². The fourth-order valence-electron chi connectivity index (χ4n) is 1.49. The third-order valence-electron chi connectivity index (χ3n) is 2.20. The van der Waals surface area contributed by atoms with Crippen LogP contribution in [0, 0.1) is 5.53 Å². The van der Waals surface area contributed by atoms with Crippen molar-refractivity contribution in [2.24, 2.45) is 5.22 Å². The third kappa shape index (κ3) is 1.88. The lowest BCUT2D eigenvalue weighted by Crippen LogP contribution is -2.46. The summed E-state index contributed by atoms with van der Waals surface area (Å²) in [6.45, 7) is 0.747. The van der Waals surface area contributed by atoms with Crippen LogP contribution in [-0.2, 0) is 4.79 Å². The molecule has 0 aromatic carbocycles. The number of hydrogen-bond acceptors (Lipinski definition) is 5. The molecule has 0 aliphatic carbocycles. The quantitative estimate of drug-likeness (QED) is 0.376. The van der Waals surface area contributed by atoms with Crippen molar-refractivity contribution in [3.63, 3.8) is 0 Å². The highest BCUT2D eigenvalue weighted by molar-refractivity contribution is 5.84. The molecule has 0 fully saturated rings. The molecular weight excluding hydrogens is 194 g/mol. The molecule has 6 heteroatoms. The monoisotopic (exact) mass is 205 g/mol. The summed E-state index contributed by atoms with van der Waals surface area (Å²) >= 11 is 0. The molecule has 2 heterocycles. The Morgan fingerprint density at radius 1 is 1.60 bits per heavy atom. The van der Waals surface area contributed by atoms with E-state index >= 15 is 0 Å². The molecule has 0 radical (unpaired) electrons. The molecule has 78 valence electrons. The van der Waals surface area contributed by atoms with Crippen molar-refractivity contribution in [2.75, 3.05) is 6.54 Å². The zero-order chi connectivity index (χ0) is 10.7. The van der Waals surface area contributed by atoms with E-state index in [-0.39, 0.29) is 5.91 Å². The van der Waals surface area contributed by atoms with Crippen LogP contribution >= 0.6 is 0 Å². The van der Waals surface area contributed by atoms with E-state index in [0.717, 1.165) is 17.9 Å². The molecule has 0 aromatic heterocycles. The summed E-state index contributed by atoms with van der Waals surface area (Å²) < 4.78 is 0. The number of carbonyl (C=O) groups is 1. The number of hydrogen-bond donors (Lipinski definition) is 4. The predicted molar refractivity (Wildman–Crippen MR) is 53.5 cm³/mol. The van der Waals surface area contributed by atoms with Crippen LogP contribution in [-0.4, -0.2) is 18.5 Å². The Labute approximate surface area is 86.6 Å². The largest absolute Gasteiger partial charge is 0.368 e. The van der Waals surface area contributed by atoms with Gasteiger partial charge in [-0.05, 0) is 0 Å². The normalized spacial score (nSPS) is 22.5. The second-order valence-corrected chi connectivity index (χ2v) is 3.18. The average molecular weight is 205 g/mol. The second-order valence-electron chi connectivity index (χ2n) is 3.18. The summed E-state index contributed by atoms with van der Waals surface area (Å²) in [6.07, 6.45) is 7.59. The zero-order valence-corrected chi connectivity index (χ0v) is 7.95. The number of rotatable bonds is 2. The Balaban J connectivity index is 2.09. The molecule has 0 saturated carbocycles. The Morgan fingerprint density at radius 2 is 2.47 bits per heavy atom. The molecule has 2 aliphatic rings. The number of allylic oxidation sites excluding steroid dienone is 3. The molecule has 0 bridgehead atoms. The van der Waals surface area contributed by atoms with Crippen LogP contribution in [0.4, 0.5) is 0 Å². The van der Waals surface area contributed by atoms with Crippen molar-refractivity contribution in [1.82, 2.24) is 16.1 Å². The topological polar surface area (TPSA) is 89.4 Å². The van der Waals surface area contributed by atoms with Crippen LogP contribution < -0.4 is 16.1 Å². The van der Waals surface area contributed by atoms with Gasteiger partial charge in [-0.1, -0.05) is 29.5 Å². The first kappa shape index (κ1) is 9.45. The number of amides is 1. The smallest absolute Gasteiger partial charge is 0.267 e. The average Bonchev–Trinajstić information content (AvgIpc) is 2.29. The Hall–Kier alpha value is -2.11. The van der Waals surface area contributed by atoms with Gasteiger partial charge in [0.05, 0.1) is 0 Å². The highest BCUT2D eigenvalue weighted by Gasteiger charge is 2.21. The lowest BCUT2D eigenvalue weighted by atomic mass is 10.1. The van der Waals surface area contributed by atoms with Crippen molar-refractivity contribution < 1.29 is 4.79 Å². The van der Waals surface area contributed by atoms with Gasteiger partial charge in [-0.15, -0.1) is 0 Å². The predicted octanol–water partition coefficient (Wildman–Crippen LogP) is -0.0524. The van der Waals surface area contributed by atoms with Gasteiger partial charge in [0.1, 0.15) is 11.9 Å². The van der Waals surface area contributed by atoms with Crippen LogP contribution in [0.5, 0.6) is 0 Å². The second kappa shape index (κ2) is 3.95. The number of carbonyl (C=O) groups excluding carboxylic acids is 1. The SMILES string of the molecule is N=NNC(=O)C1C=CC2=C(NCC=C2)N1. The standard InChI is InChI=1S/C9H11N5O/c10-14-13-9(15)7-4-3-6-2-1-5-11-8(6)12-7/h1-4,7,11-12H,5H2,(H2,10,13,15). The van der Waals surface area contributed by atoms with Crippen LogP contribution in [0.25, 0.3) is 0 Å². The fourth-order valence-corrected chi connectivity index (χ4v) is 1.49. The van der Waals surface area contributed by atoms with Crippen molar-refractivity contribution >= 4 is 5.91 Å². The highest BCUT2D eigenvalue weighted by atomic mass is 16.2. The molecule has 1 atom stereocenters.